The van der Waals surface area contributed by atoms with Gasteiger partial charge in [-0.05, 0) is 42.0 Å². The van der Waals surface area contributed by atoms with E-state index in [2.05, 4.69) is 15.5 Å². The second kappa shape index (κ2) is 5.70. The lowest BCUT2D eigenvalue weighted by Crippen LogP contribution is -2.02. The molecule has 6 heteroatoms. The third-order valence-corrected chi connectivity index (χ3v) is 3.00. The molecule has 0 bridgehead atoms. The molecule has 0 aliphatic rings. The zero-order valence-electron chi connectivity index (χ0n) is 11.0. The summed E-state index contributed by atoms with van der Waals surface area (Å²) in [5, 5.41) is 11.2. The number of aromatic nitrogens is 3. The second-order valence-corrected chi connectivity index (χ2v) is 4.47. The maximum absolute atomic E-state index is 13.1. The van der Waals surface area contributed by atoms with E-state index in [1.54, 1.807) is 18.5 Å². The van der Waals surface area contributed by atoms with Crippen LogP contribution in [0.5, 0.6) is 0 Å². The molecule has 0 spiro atoms. The monoisotopic (exact) mass is 286 g/mol. The molecule has 1 N–H and O–H groups in total. The van der Waals surface area contributed by atoms with Gasteiger partial charge in [0.25, 0.3) is 0 Å². The van der Waals surface area contributed by atoms with Gasteiger partial charge in [-0.1, -0.05) is 6.07 Å². The third kappa shape index (κ3) is 3.05. The molecule has 1 aromatic heterocycles. The van der Waals surface area contributed by atoms with Gasteiger partial charge < -0.3 is 5.32 Å². The molecule has 0 radical (unpaired) electrons. The van der Waals surface area contributed by atoms with Crippen molar-refractivity contribution in [1.82, 2.24) is 15.0 Å². The summed E-state index contributed by atoms with van der Waals surface area (Å²) in [4.78, 5) is 1.51. The summed E-state index contributed by atoms with van der Waals surface area (Å²) in [6.45, 7) is 0.413. The van der Waals surface area contributed by atoms with Crippen LogP contribution in [0.3, 0.4) is 0 Å². The van der Waals surface area contributed by atoms with E-state index in [9.17, 15) is 8.78 Å². The maximum Gasteiger partial charge on any atom is 0.159 e. The van der Waals surface area contributed by atoms with E-state index in [0.29, 0.717) is 12.1 Å². The van der Waals surface area contributed by atoms with Crippen LogP contribution < -0.4 is 5.32 Å². The number of benzene rings is 2. The quantitative estimate of drug-likeness (QED) is 0.801. The molecule has 0 saturated heterocycles. The van der Waals surface area contributed by atoms with Crippen LogP contribution in [0.25, 0.3) is 5.69 Å². The van der Waals surface area contributed by atoms with Crippen molar-refractivity contribution in [3.63, 3.8) is 0 Å². The number of anilines is 1. The first-order valence-electron chi connectivity index (χ1n) is 6.37. The zero-order valence-corrected chi connectivity index (χ0v) is 11.0. The first-order valence-corrected chi connectivity index (χ1v) is 6.37. The lowest BCUT2D eigenvalue weighted by atomic mass is 10.2. The minimum absolute atomic E-state index is 0.413. The Balaban J connectivity index is 1.66. The number of nitrogens with zero attached hydrogens (tertiary/aromatic N) is 3. The van der Waals surface area contributed by atoms with Gasteiger partial charge in [0.05, 0.1) is 18.1 Å². The van der Waals surface area contributed by atoms with E-state index in [-0.39, 0.29) is 0 Å². The van der Waals surface area contributed by atoms with Gasteiger partial charge in [0, 0.05) is 12.2 Å². The Morgan fingerprint density at radius 1 is 0.905 bits per heavy atom. The van der Waals surface area contributed by atoms with Gasteiger partial charge in [-0.2, -0.15) is 15.0 Å². The van der Waals surface area contributed by atoms with Gasteiger partial charge in [-0.15, -0.1) is 0 Å². The lowest BCUT2D eigenvalue weighted by molar-refractivity contribution is 0.507. The van der Waals surface area contributed by atoms with E-state index >= 15 is 0 Å². The van der Waals surface area contributed by atoms with Crippen LogP contribution in [0.15, 0.2) is 54.9 Å². The molecule has 0 atom stereocenters. The third-order valence-electron chi connectivity index (χ3n) is 3.00. The van der Waals surface area contributed by atoms with Gasteiger partial charge in [-0.3, -0.25) is 0 Å². The van der Waals surface area contributed by atoms with E-state index < -0.39 is 11.6 Å². The molecule has 0 aliphatic carbocycles. The van der Waals surface area contributed by atoms with Crippen molar-refractivity contribution in [3.05, 3.63) is 72.1 Å². The predicted molar refractivity (Wildman–Crippen MR) is 75.0 cm³/mol. The largest absolute Gasteiger partial charge is 0.381 e. The number of nitrogens with one attached hydrogen (secondary N) is 1. The van der Waals surface area contributed by atoms with E-state index in [1.807, 2.05) is 24.3 Å². The van der Waals surface area contributed by atoms with Crippen LogP contribution in [-0.2, 0) is 6.54 Å². The smallest absolute Gasteiger partial charge is 0.159 e. The van der Waals surface area contributed by atoms with Gasteiger partial charge in [0.1, 0.15) is 0 Å². The van der Waals surface area contributed by atoms with Crippen molar-refractivity contribution >= 4 is 5.69 Å². The lowest BCUT2D eigenvalue weighted by Gasteiger charge is -2.08. The van der Waals surface area contributed by atoms with Crippen molar-refractivity contribution in [2.75, 3.05) is 5.32 Å². The van der Waals surface area contributed by atoms with Crippen molar-refractivity contribution in [2.24, 2.45) is 0 Å². The molecule has 3 aromatic rings. The van der Waals surface area contributed by atoms with Gasteiger partial charge >= 0.3 is 0 Å². The fourth-order valence-electron chi connectivity index (χ4n) is 1.92. The second-order valence-electron chi connectivity index (χ2n) is 4.47. The Labute approximate surface area is 120 Å². The summed E-state index contributed by atoms with van der Waals surface area (Å²) in [6.07, 6.45) is 3.21. The van der Waals surface area contributed by atoms with Crippen LogP contribution in [0.1, 0.15) is 5.56 Å². The predicted octanol–water partition coefficient (Wildman–Crippen LogP) is 3.16. The van der Waals surface area contributed by atoms with Gasteiger partial charge in [-0.25, -0.2) is 8.78 Å². The van der Waals surface area contributed by atoms with E-state index in [4.69, 9.17) is 0 Å². The highest BCUT2D eigenvalue weighted by molar-refractivity contribution is 5.48. The van der Waals surface area contributed by atoms with Crippen molar-refractivity contribution in [3.8, 4) is 5.69 Å². The van der Waals surface area contributed by atoms with Crippen molar-refractivity contribution in [2.45, 2.75) is 6.54 Å². The number of rotatable bonds is 4. The molecule has 4 nitrogen and oxygen atoms in total. The van der Waals surface area contributed by atoms with Gasteiger partial charge in [0.2, 0.25) is 0 Å². The molecule has 0 amide bonds. The highest BCUT2D eigenvalue weighted by Gasteiger charge is 2.03. The Morgan fingerprint density at radius 2 is 1.62 bits per heavy atom. The molecule has 2 aromatic carbocycles. The van der Waals surface area contributed by atoms with Gasteiger partial charge in [0.15, 0.2) is 11.6 Å². The molecule has 0 aliphatic heterocycles. The average Bonchev–Trinajstić information content (AvgIpc) is 3.03. The Kier molecular flexibility index (Phi) is 3.59. The Hall–Kier alpha value is -2.76. The van der Waals surface area contributed by atoms with Crippen molar-refractivity contribution in [1.29, 1.82) is 0 Å². The first kappa shape index (κ1) is 13.2. The van der Waals surface area contributed by atoms with Crippen LogP contribution in [0.4, 0.5) is 14.5 Å². The molecular weight excluding hydrogens is 274 g/mol. The first-order chi connectivity index (χ1) is 10.2. The number of hydrogen-bond donors (Lipinski definition) is 1. The molecule has 0 fully saturated rings. The summed E-state index contributed by atoms with van der Waals surface area (Å²) < 4.78 is 25.9. The molecule has 0 saturated carbocycles. The summed E-state index contributed by atoms with van der Waals surface area (Å²) in [6, 6.07) is 11.3. The minimum atomic E-state index is -0.839. The summed E-state index contributed by atoms with van der Waals surface area (Å²) in [5.41, 5.74) is 2.39. The summed E-state index contributed by atoms with van der Waals surface area (Å²) in [7, 11) is 0. The topological polar surface area (TPSA) is 42.7 Å². The van der Waals surface area contributed by atoms with E-state index in [1.165, 1.54) is 10.9 Å². The normalized spacial score (nSPS) is 10.6. The summed E-state index contributed by atoms with van der Waals surface area (Å²) >= 11 is 0. The Bertz CT molecular complexity index is 724. The maximum atomic E-state index is 13.1. The average molecular weight is 286 g/mol. The molecule has 0 unspecified atom stereocenters. The summed E-state index contributed by atoms with van der Waals surface area (Å²) in [5.74, 6) is -1.68. The number of hydrogen-bond acceptors (Lipinski definition) is 3. The highest BCUT2D eigenvalue weighted by atomic mass is 19.2. The Morgan fingerprint density at radius 3 is 2.29 bits per heavy atom. The van der Waals surface area contributed by atoms with Crippen LogP contribution >= 0.6 is 0 Å². The van der Waals surface area contributed by atoms with Crippen LogP contribution in [-0.4, -0.2) is 15.0 Å². The van der Waals surface area contributed by atoms with E-state index in [0.717, 1.165) is 17.4 Å². The zero-order chi connectivity index (χ0) is 14.7. The number of halogens is 2. The SMILES string of the molecule is Fc1ccc(CNc2ccc(-n3nccn3)cc2)cc1F. The fraction of sp³-hybridized carbons (Fsp3) is 0.0667. The van der Waals surface area contributed by atoms with Crippen molar-refractivity contribution < 1.29 is 8.78 Å². The highest BCUT2D eigenvalue weighted by Crippen LogP contribution is 2.14. The minimum Gasteiger partial charge on any atom is -0.381 e. The molecule has 1 heterocycles. The van der Waals surface area contributed by atoms with Crippen LogP contribution in [0.2, 0.25) is 0 Å². The molecule has 3 rings (SSSR count). The molecule has 21 heavy (non-hydrogen) atoms. The van der Waals surface area contributed by atoms with Crippen LogP contribution in [0, 0.1) is 11.6 Å². The fourth-order valence-corrected chi connectivity index (χ4v) is 1.92. The molecular formula is C15H12F2N4. The standard InChI is InChI=1S/C15H12F2N4/c16-14-6-1-11(9-15(14)17)10-18-12-2-4-13(5-3-12)21-19-7-8-20-21/h1-9,18H,10H2. The molecule has 106 valence electrons.